The van der Waals surface area contributed by atoms with E-state index in [9.17, 15) is 0 Å². The van der Waals surface area contributed by atoms with Crippen molar-refractivity contribution in [1.29, 1.82) is 0 Å². The van der Waals surface area contributed by atoms with Crippen LogP contribution < -0.4 is 4.74 Å². The molecule has 4 rings (SSSR count). The molecular weight excluding hydrogens is 362 g/mol. The highest BCUT2D eigenvalue weighted by Gasteiger charge is 2.10. The van der Waals surface area contributed by atoms with E-state index >= 15 is 0 Å². The number of para-hydroxylation sites is 2. The topological polar surface area (TPSA) is 57.2 Å². The lowest BCUT2D eigenvalue weighted by molar-refractivity contribution is 0.296. The maximum absolute atomic E-state index is 6.17. The highest BCUT2D eigenvalue weighted by atomic mass is 16.5. The van der Waals surface area contributed by atoms with E-state index in [1.165, 1.54) is 5.56 Å². The predicted molar refractivity (Wildman–Crippen MR) is 116 cm³/mol. The molecule has 0 amide bonds. The Morgan fingerprint density at radius 3 is 2.66 bits per heavy atom. The Morgan fingerprint density at radius 2 is 1.83 bits per heavy atom. The number of hydrogen-bond acceptors (Lipinski definition) is 4. The van der Waals surface area contributed by atoms with Crippen molar-refractivity contribution < 1.29 is 4.74 Å². The molecule has 0 saturated carbocycles. The van der Waals surface area contributed by atoms with Crippen LogP contribution in [0, 0.1) is 0 Å². The minimum Gasteiger partial charge on any atom is -0.491 e. The summed E-state index contributed by atoms with van der Waals surface area (Å²) in [5, 5.41) is 13.1. The molecule has 0 fully saturated rings. The summed E-state index contributed by atoms with van der Waals surface area (Å²) in [6, 6.07) is 16.7. The lowest BCUT2D eigenvalue weighted by atomic mass is 9.98. The fraction of sp³-hybridized carbons (Fsp3) is 0.261. The molecule has 0 bridgehead atoms. The van der Waals surface area contributed by atoms with E-state index in [1.807, 2.05) is 18.3 Å². The van der Waals surface area contributed by atoms with E-state index in [0.717, 1.165) is 35.2 Å². The quantitative estimate of drug-likeness (QED) is 0.412. The van der Waals surface area contributed by atoms with Crippen molar-refractivity contribution in [2.75, 3.05) is 6.61 Å². The summed E-state index contributed by atoms with van der Waals surface area (Å²) in [4.78, 5) is 0. The number of fused-ring (bicyclic) bond motifs is 1. The zero-order valence-corrected chi connectivity index (χ0v) is 16.8. The van der Waals surface area contributed by atoms with Gasteiger partial charge in [-0.3, -0.25) is 0 Å². The Labute approximate surface area is 170 Å². The first-order valence-electron chi connectivity index (χ1n) is 9.95. The number of ether oxygens (including phenoxy) is 1. The molecule has 0 saturated heterocycles. The summed E-state index contributed by atoms with van der Waals surface area (Å²) in [5.74, 6) is 1.46. The average Bonchev–Trinajstić information content (AvgIpc) is 3.40. The third-order valence-electron chi connectivity index (χ3n) is 5.21. The largest absolute Gasteiger partial charge is 0.491 e. The van der Waals surface area contributed by atoms with E-state index in [0.29, 0.717) is 12.5 Å². The fourth-order valence-corrected chi connectivity index (χ4v) is 3.44. The van der Waals surface area contributed by atoms with Crippen LogP contribution >= 0.6 is 0 Å². The van der Waals surface area contributed by atoms with Crippen molar-refractivity contribution in [2.24, 2.45) is 5.10 Å². The first kappa shape index (κ1) is 18.9. The standard InChI is InChI=1S/C23H25N5O/c1-3-18(2)20-8-5-7-11-23(20)29-13-12-27-15-19(14-26-28-16-24-25-17-28)21-9-4-6-10-22(21)27/h4-11,14-18H,3,12-13H2,1-2H3/b26-14-/t18-/m1/s1. The maximum Gasteiger partial charge on any atom is 0.141 e. The van der Waals surface area contributed by atoms with Gasteiger partial charge in [0.15, 0.2) is 0 Å². The first-order valence-corrected chi connectivity index (χ1v) is 9.95. The van der Waals surface area contributed by atoms with Gasteiger partial charge >= 0.3 is 0 Å². The second kappa shape index (κ2) is 8.73. The molecule has 0 aliphatic heterocycles. The Bertz CT molecular complexity index is 1100. The molecule has 2 heterocycles. The van der Waals surface area contributed by atoms with Crippen LogP contribution in [0.15, 0.2) is 72.5 Å². The van der Waals surface area contributed by atoms with Crippen LogP contribution in [0.2, 0.25) is 0 Å². The molecule has 29 heavy (non-hydrogen) atoms. The van der Waals surface area contributed by atoms with Crippen LogP contribution in [0.25, 0.3) is 10.9 Å². The Hall–Kier alpha value is -3.41. The summed E-state index contributed by atoms with van der Waals surface area (Å²) in [5.41, 5.74) is 3.49. The van der Waals surface area contributed by atoms with E-state index in [2.05, 4.69) is 76.3 Å². The second-order valence-electron chi connectivity index (χ2n) is 7.08. The minimum absolute atomic E-state index is 0.485. The molecule has 0 unspecified atom stereocenters. The molecule has 6 nitrogen and oxygen atoms in total. The van der Waals surface area contributed by atoms with Gasteiger partial charge in [0.25, 0.3) is 0 Å². The van der Waals surface area contributed by atoms with Crippen molar-refractivity contribution in [3.05, 3.63) is 78.5 Å². The highest BCUT2D eigenvalue weighted by Crippen LogP contribution is 2.28. The summed E-state index contributed by atoms with van der Waals surface area (Å²) < 4.78 is 9.97. The molecule has 148 valence electrons. The summed E-state index contributed by atoms with van der Waals surface area (Å²) in [6.45, 7) is 5.81. The van der Waals surface area contributed by atoms with E-state index in [-0.39, 0.29) is 0 Å². The summed E-state index contributed by atoms with van der Waals surface area (Å²) in [7, 11) is 0. The van der Waals surface area contributed by atoms with Crippen molar-refractivity contribution >= 4 is 17.1 Å². The number of hydrogen-bond donors (Lipinski definition) is 0. The molecular formula is C23H25N5O. The van der Waals surface area contributed by atoms with E-state index in [4.69, 9.17) is 4.74 Å². The third-order valence-corrected chi connectivity index (χ3v) is 5.21. The average molecular weight is 387 g/mol. The van der Waals surface area contributed by atoms with Crippen LogP contribution in [0.3, 0.4) is 0 Å². The lowest BCUT2D eigenvalue weighted by Crippen LogP contribution is -2.09. The van der Waals surface area contributed by atoms with Gasteiger partial charge < -0.3 is 9.30 Å². The van der Waals surface area contributed by atoms with Gasteiger partial charge in [-0.25, -0.2) is 4.68 Å². The van der Waals surface area contributed by atoms with Crippen molar-refractivity contribution in [1.82, 2.24) is 19.4 Å². The SMILES string of the molecule is CC[C@@H](C)c1ccccc1OCCn1cc(/C=N\n2cnnc2)c2ccccc21. The first-order chi connectivity index (χ1) is 14.3. The zero-order valence-electron chi connectivity index (χ0n) is 16.8. The highest BCUT2D eigenvalue weighted by molar-refractivity contribution is 5.99. The molecule has 1 atom stereocenters. The Kier molecular flexibility index (Phi) is 5.70. The van der Waals surface area contributed by atoms with Crippen LogP contribution in [-0.4, -0.2) is 32.3 Å². The molecule has 4 aromatic rings. The number of aromatic nitrogens is 4. The molecule has 6 heteroatoms. The lowest BCUT2D eigenvalue weighted by Gasteiger charge is -2.16. The summed E-state index contributed by atoms with van der Waals surface area (Å²) >= 11 is 0. The van der Waals surface area contributed by atoms with Gasteiger partial charge in [0.2, 0.25) is 0 Å². The smallest absolute Gasteiger partial charge is 0.141 e. The van der Waals surface area contributed by atoms with Gasteiger partial charge in [-0.05, 0) is 30.0 Å². The molecule has 0 aliphatic rings. The molecule has 2 aromatic carbocycles. The van der Waals surface area contributed by atoms with E-state index < -0.39 is 0 Å². The van der Waals surface area contributed by atoms with Gasteiger partial charge in [0.1, 0.15) is 25.0 Å². The maximum atomic E-state index is 6.17. The Balaban J connectivity index is 1.52. The van der Waals surface area contributed by atoms with Crippen LogP contribution in [0.4, 0.5) is 0 Å². The van der Waals surface area contributed by atoms with Gasteiger partial charge in [-0.1, -0.05) is 50.2 Å². The monoisotopic (exact) mass is 387 g/mol. The summed E-state index contributed by atoms with van der Waals surface area (Å²) in [6.07, 6.45) is 8.18. The van der Waals surface area contributed by atoms with Crippen molar-refractivity contribution in [3.63, 3.8) is 0 Å². The molecule has 0 aliphatic carbocycles. The molecule has 0 N–H and O–H groups in total. The molecule has 0 radical (unpaired) electrons. The molecule has 0 spiro atoms. The van der Waals surface area contributed by atoms with Gasteiger partial charge in [0.05, 0.1) is 12.8 Å². The van der Waals surface area contributed by atoms with Crippen LogP contribution in [0.5, 0.6) is 5.75 Å². The van der Waals surface area contributed by atoms with Gasteiger partial charge in [0, 0.05) is 22.7 Å². The van der Waals surface area contributed by atoms with Crippen molar-refractivity contribution in [3.8, 4) is 5.75 Å². The van der Waals surface area contributed by atoms with Crippen LogP contribution in [0.1, 0.15) is 37.3 Å². The van der Waals surface area contributed by atoms with Crippen molar-refractivity contribution in [2.45, 2.75) is 32.7 Å². The minimum atomic E-state index is 0.485. The normalized spacial score (nSPS) is 12.6. The third kappa shape index (κ3) is 4.21. The Morgan fingerprint density at radius 1 is 1.07 bits per heavy atom. The van der Waals surface area contributed by atoms with Gasteiger partial charge in [-0.2, -0.15) is 5.10 Å². The molecule has 2 aromatic heterocycles. The van der Waals surface area contributed by atoms with Gasteiger partial charge in [-0.15, -0.1) is 10.2 Å². The number of rotatable bonds is 8. The van der Waals surface area contributed by atoms with E-state index in [1.54, 1.807) is 17.3 Å². The zero-order chi connectivity index (χ0) is 20.1. The van der Waals surface area contributed by atoms with Crippen LogP contribution in [-0.2, 0) is 6.54 Å². The second-order valence-corrected chi connectivity index (χ2v) is 7.08. The number of nitrogens with zero attached hydrogens (tertiary/aromatic N) is 5. The fourth-order valence-electron chi connectivity index (χ4n) is 3.44. The predicted octanol–water partition coefficient (Wildman–Crippen LogP) is 4.71. The number of benzene rings is 2.